The highest BCUT2D eigenvalue weighted by atomic mass is 16.5. The number of benzene rings is 2. The number of hydrogen-bond acceptors (Lipinski definition) is 2. The Balaban J connectivity index is 1.98. The molecule has 3 aromatic rings. The van der Waals surface area contributed by atoms with Gasteiger partial charge in [0.1, 0.15) is 5.75 Å². The van der Waals surface area contributed by atoms with Crippen LogP contribution in [0.3, 0.4) is 0 Å². The van der Waals surface area contributed by atoms with Crippen molar-refractivity contribution in [3.05, 3.63) is 65.4 Å². The Morgan fingerprint density at radius 1 is 1.18 bits per heavy atom. The number of nitrogens with one attached hydrogen (secondary N) is 1. The Bertz CT molecular complexity index is 776. The summed E-state index contributed by atoms with van der Waals surface area (Å²) < 4.78 is 5.35. The van der Waals surface area contributed by atoms with Crippen LogP contribution in [0.25, 0.3) is 10.9 Å². The van der Waals surface area contributed by atoms with E-state index in [0.29, 0.717) is 12.5 Å². The van der Waals surface area contributed by atoms with Crippen LogP contribution in [0.2, 0.25) is 0 Å². The van der Waals surface area contributed by atoms with Gasteiger partial charge < -0.3 is 15.5 Å². The predicted molar refractivity (Wildman–Crippen MR) is 91.5 cm³/mol. The Hall–Kier alpha value is -2.26. The number of nitrogens with two attached hydrogens (primary N) is 1. The summed E-state index contributed by atoms with van der Waals surface area (Å²) in [7, 11) is 1.70. The first-order chi connectivity index (χ1) is 10.7. The monoisotopic (exact) mass is 294 g/mol. The summed E-state index contributed by atoms with van der Waals surface area (Å²) in [5.74, 6) is 1.17. The van der Waals surface area contributed by atoms with Gasteiger partial charge in [-0.05, 0) is 54.8 Å². The summed E-state index contributed by atoms with van der Waals surface area (Å²) >= 11 is 0. The first-order valence-corrected chi connectivity index (χ1v) is 7.62. The molecule has 0 aliphatic carbocycles. The molecule has 1 heterocycles. The Kier molecular flexibility index (Phi) is 4.16. The molecule has 0 saturated carbocycles. The van der Waals surface area contributed by atoms with Gasteiger partial charge in [0.15, 0.2) is 0 Å². The maximum Gasteiger partial charge on any atom is 0.119 e. The number of rotatable bonds is 5. The SMILES string of the molecule is COc1ccc2[nH]cc(C(CN)Cc3ccccc3C)c2c1. The van der Waals surface area contributed by atoms with Gasteiger partial charge in [0.2, 0.25) is 0 Å². The van der Waals surface area contributed by atoms with Crippen LogP contribution in [0.1, 0.15) is 22.6 Å². The quantitative estimate of drug-likeness (QED) is 0.752. The summed E-state index contributed by atoms with van der Waals surface area (Å²) in [6, 6.07) is 14.6. The standard InChI is InChI=1S/C19H22N2O/c1-13-5-3-4-6-14(13)9-15(11-20)18-12-21-19-8-7-16(22-2)10-17(18)19/h3-8,10,12,15,21H,9,11,20H2,1-2H3. The molecule has 3 N–H and O–H groups in total. The normalized spacial score (nSPS) is 12.5. The van der Waals surface area contributed by atoms with Crippen molar-refractivity contribution in [3.8, 4) is 5.75 Å². The molecule has 1 unspecified atom stereocenters. The summed E-state index contributed by atoms with van der Waals surface area (Å²) in [4.78, 5) is 3.34. The van der Waals surface area contributed by atoms with Gasteiger partial charge in [0.25, 0.3) is 0 Å². The van der Waals surface area contributed by atoms with Crippen molar-refractivity contribution in [1.82, 2.24) is 4.98 Å². The molecule has 1 aromatic heterocycles. The van der Waals surface area contributed by atoms with Crippen molar-refractivity contribution < 1.29 is 4.74 Å². The van der Waals surface area contributed by atoms with Crippen LogP contribution in [0.4, 0.5) is 0 Å². The second-order valence-corrected chi connectivity index (χ2v) is 5.72. The molecule has 114 valence electrons. The highest BCUT2D eigenvalue weighted by Gasteiger charge is 2.16. The summed E-state index contributed by atoms with van der Waals surface area (Å²) in [6.07, 6.45) is 3.03. The van der Waals surface area contributed by atoms with Crippen molar-refractivity contribution in [2.24, 2.45) is 5.73 Å². The molecule has 3 nitrogen and oxygen atoms in total. The number of aryl methyl sites for hydroxylation is 1. The molecule has 0 bridgehead atoms. The van der Waals surface area contributed by atoms with Crippen molar-refractivity contribution in [2.75, 3.05) is 13.7 Å². The molecule has 0 aliphatic heterocycles. The maximum atomic E-state index is 6.08. The van der Waals surface area contributed by atoms with Gasteiger partial charge in [-0.2, -0.15) is 0 Å². The van der Waals surface area contributed by atoms with E-state index in [0.717, 1.165) is 17.7 Å². The zero-order valence-electron chi connectivity index (χ0n) is 13.1. The topological polar surface area (TPSA) is 51.0 Å². The zero-order valence-corrected chi connectivity index (χ0v) is 13.1. The first-order valence-electron chi connectivity index (χ1n) is 7.62. The minimum absolute atomic E-state index is 0.293. The minimum Gasteiger partial charge on any atom is -0.497 e. The molecule has 0 radical (unpaired) electrons. The van der Waals surface area contributed by atoms with Crippen LogP contribution in [0.5, 0.6) is 5.75 Å². The van der Waals surface area contributed by atoms with Crippen LogP contribution in [0.15, 0.2) is 48.7 Å². The van der Waals surface area contributed by atoms with Crippen molar-refractivity contribution in [1.29, 1.82) is 0 Å². The summed E-state index contributed by atoms with van der Waals surface area (Å²) in [5.41, 5.74) is 11.1. The third kappa shape index (κ3) is 2.72. The van der Waals surface area contributed by atoms with E-state index in [2.05, 4.69) is 54.5 Å². The molecule has 0 spiro atoms. The van der Waals surface area contributed by atoms with Crippen LogP contribution in [-0.4, -0.2) is 18.6 Å². The lowest BCUT2D eigenvalue weighted by Crippen LogP contribution is -2.15. The lowest BCUT2D eigenvalue weighted by atomic mass is 9.90. The molecule has 0 saturated heterocycles. The van der Waals surface area contributed by atoms with E-state index in [1.54, 1.807) is 7.11 Å². The fraction of sp³-hybridized carbons (Fsp3) is 0.263. The molecular formula is C19H22N2O. The number of H-pyrrole nitrogens is 1. The molecule has 0 fully saturated rings. The zero-order chi connectivity index (χ0) is 15.5. The molecule has 3 heteroatoms. The molecule has 1 atom stereocenters. The summed E-state index contributed by atoms with van der Waals surface area (Å²) in [6.45, 7) is 2.78. The van der Waals surface area contributed by atoms with Gasteiger partial charge in [0.05, 0.1) is 7.11 Å². The van der Waals surface area contributed by atoms with Gasteiger partial charge in [0, 0.05) is 23.0 Å². The number of fused-ring (bicyclic) bond motifs is 1. The minimum atomic E-state index is 0.293. The third-order valence-corrected chi connectivity index (χ3v) is 4.37. The smallest absolute Gasteiger partial charge is 0.119 e. The largest absolute Gasteiger partial charge is 0.497 e. The number of aromatic nitrogens is 1. The van der Waals surface area contributed by atoms with Crippen molar-refractivity contribution >= 4 is 10.9 Å². The summed E-state index contributed by atoms with van der Waals surface area (Å²) in [5, 5.41) is 1.20. The number of methoxy groups -OCH3 is 1. The van der Waals surface area contributed by atoms with Crippen molar-refractivity contribution in [2.45, 2.75) is 19.3 Å². The van der Waals surface area contributed by atoms with E-state index in [4.69, 9.17) is 10.5 Å². The van der Waals surface area contributed by atoms with Crippen molar-refractivity contribution in [3.63, 3.8) is 0 Å². The Morgan fingerprint density at radius 2 is 2.00 bits per heavy atom. The molecule has 0 aliphatic rings. The molecule has 2 aromatic carbocycles. The van der Waals surface area contributed by atoms with Gasteiger partial charge in [-0.25, -0.2) is 0 Å². The van der Waals surface area contributed by atoms with Crippen LogP contribution < -0.4 is 10.5 Å². The fourth-order valence-electron chi connectivity index (χ4n) is 3.01. The molecule has 3 rings (SSSR count). The lowest BCUT2D eigenvalue weighted by Gasteiger charge is -2.16. The van der Waals surface area contributed by atoms with Crippen LogP contribution >= 0.6 is 0 Å². The first kappa shape index (κ1) is 14.7. The van der Waals surface area contributed by atoms with Gasteiger partial charge in [-0.1, -0.05) is 24.3 Å². The van der Waals surface area contributed by atoms with Gasteiger partial charge >= 0.3 is 0 Å². The molecular weight excluding hydrogens is 272 g/mol. The number of aromatic amines is 1. The van der Waals surface area contributed by atoms with E-state index in [1.807, 2.05) is 6.07 Å². The van der Waals surface area contributed by atoms with E-state index in [-0.39, 0.29) is 0 Å². The lowest BCUT2D eigenvalue weighted by molar-refractivity contribution is 0.415. The van der Waals surface area contributed by atoms with E-state index in [9.17, 15) is 0 Å². The van der Waals surface area contributed by atoms with Crippen LogP contribution in [0, 0.1) is 6.92 Å². The Morgan fingerprint density at radius 3 is 2.73 bits per heavy atom. The average molecular weight is 294 g/mol. The van der Waals surface area contributed by atoms with Gasteiger partial charge in [-0.3, -0.25) is 0 Å². The molecule has 0 amide bonds. The molecule has 22 heavy (non-hydrogen) atoms. The maximum absolute atomic E-state index is 6.08. The van der Waals surface area contributed by atoms with E-state index < -0.39 is 0 Å². The number of hydrogen-bond donors (Lipinski definition) is 2. The average Bonchev–Trinajstić information content (AvgIpc) is 2.97. The van der Waals surface area contributed by atoms with E-state index >= 15 is 0 Å². The fourth-order valence-corrected chi connectivity index (χ4v) is 3.01. The van der Waals surface area contributed by atoms with E-state index in [1.165, 1.54) is 22.1 Å². The highest BCUT2D eigenvalue weighted by Crippen LogP contribution is 2.30. The highest BCUT2D eigenvalue weighted by molar-refractivity contribution is 5.85. The number of ether oxygens (including phenoxy) is 1. The second-order valence-electron chi connectivity index (χ2n) is 5.72. The Labute approximate surface area is 131 Å². The van der Waals surface area contributed by atoms with Crippen LogP contribution in [-0.2, 0) is 6.42 Å². The third-order valence-electron chi connectivity index (χ3n) is 4.37. The second kappa shape index (κ2) is 6.24. The predicted octanol–water partition coefficient (Wildman–Crippen LogP) is 3.77. The van der Waals surface area contributed by atoms with Gasteiger partial charge in [-0.15, -0.1) is 0 Å².